The van der Waals surface area contributed by atoms with Crippen LogP contribution in [0.15, 0.2) is 0 Å². The number of rotatable bonds is 0. The van der Waals surface area contributed by atoms with Gasteiger partial charge in [0.15, 0.2) is 17.4 Å². The summed E-state index contributed by atoms with van der Waals surface area (Å²) in [6.07, 6.45) is 0. The normalized spacial score (nSPS) is 1.50. The van der Waals surface area contributed by atoms with Gasteiger partial charge in [0.2, 0.25) is 0 Å². The quantitative estimate of drug-likeness (QED) is 0.491. The number of hydrogen-bond acceptors (Lipinski definition) is 1. The minimum absolute atomic E-state index is 0. The van der Waals surface area contributed by atoms with E-state index in [9.17, 15) is 0 Å². The van der Waals surface area contributed by atoms with Crippen LogP contribution in [0.3, 0.4) is 0 Å². The molecule has 0 N–H and O–H groups in total. The molecule has 0 saturated heterocycles. The third-order valence-corrected chi connectivity index (χ3v) is 0. The second-order valence-electron chi connectivity index (χ2n) is 0. The molecule has 0 aromatic rings. The van der Waals surface area contributed by atoms with E-state index in [2.05, 4.69) is 0 Å². The Hall–Kier alpha value is 2.76. The maximum atomic E-state index is 8.08. The van der Waals surface area contributed by atoms with Crippen molar-refractivity contribution in [1.29, 1.82) is 0 Å². The molecule has 0 aromatic heterocycles. The molecule has 0 rings (SSSR count). The summed E-state index contributed by atoms with van der Waals surface area (Å²) >= 11 is 1.58. The Morgan fingerprint density at radius 3 is 1.25 bits per heavy atom. The molecule has 30 valence electrons. The zero-order chi connectivity index (χ0) is 2.00. The van der Waals surface area contributed by atoms with Crippen LogP contribution in [0.25, 0.3) is 0 Å². The van der Waals surface area contributed by atoms with Crippen molar-refractivity contribution in [3.8, 4) is 0 Å². The summed E-state index contributed by atoms with van der Waals surface area (Å²) in [6, 6.07) is 0. The molecule has 4 heavy (non-hydrogen) atoms. The van der Waals surface area contributed by atoms with Crippen LogP contribution in [0.1, 0.15) is 0 Å². The predicted octanol–water partition coefficient (Wildman–Crippen LogP) is -1.30. The fourth-order valence-electron chi connectivity index (χ4n) is 0. The van der Waals surface area contributed by atoms with Crippen LogP contribution in [0, 0.1) is 70.6 Å². The third kappa shape index (κ3) is 8.83. The maximum absolute atomic E-state index is 8.08. The average Bonchev–Trinajstić information content (AvgIpc) is 1.00. The van der Waals surface area contributed by atoms with Crippen molar-refractivity contribution in [2.75, 3.05) is 0 Å². The molecule has 0 unspecified atom stereocenters. The number of hydrogen-bond donors (Lipinski definition) is 0. The van der Waals surface area contributed by atoms with Gasteiger partial charge in [-0.25, -0.2) is 0 Å². The Labute approximate surface area is 87.4 Å². The molecule has 1 nitrogen and oxygen atoms in total. The summed E-state index contributed by atoms with van der Waals surface area (Å²) in [6.45, 7) is 0. The summed E-state index contributed by atoms with van der Waals surface area (Å²) in [5, 5.41) is 0. The predicted molar refractivity (Wildman–Crippen MR) is 10.6 cm³/mol. The van der Waals surface area contributed by atoms with Gasteiger partial charge >= 0.3 is 36.6 Å². The van der Waals surface area contributed by atoms with Crippen molar-refractivity contribution in [2.24, 2.45) is 0 Å². The van der Waals surface area contributed by atoms with Gasteiger partial charge in [-0.3, -0.25) is 0 Å². The average molecular weight is 360 g/mol. The fraction of sp³-hybridized carbons (Fsp3) is 0. The van der Waals surface area contributed by atoms with Crippen molar-refractivity contribution in [3.63, 3.8) is 0 Å². The van der Waals surface area contributed by atoms with Crippen LogP contribution < -0.4 is 0 Å². The van der Waals surface area contributed by atoms with Gasteiger partial charge in [0.1, 0.15) is 0 Å². The van der Waals surface area contributed by atoms with Gasteiger partial charge < -0.3 is 0 Å². The molecule has 0 aliphatic rings. The Morgan fingerprint density at radius 2 is 1.25 bits per heavy atom. The summed E-state index contributed by atoms with van der Waals surface area (Å²) in [4.78, 5) is 0. The SMILES string of the molecule is [AlH3].[La].[O]=[Lu]. The Morgan fingerprint density at radius 1 is 1.25 bits per heavy atom. The summed E-state index contributed by atoms with van der Waals surface area (Å²) in [5.41, 5.74) is 0. The van der Waals surface area contributed by atoms with Gasteiger partial charge in [0.25, 0.3) is 0 Å². The van der Waals surface area contributed by atoms with Crippen LogP contribution in [-0.2, 0) is 1.54 Å². The summed E-state index contributed by atoms with van der Waals surface area (Å²) in [5.74, 6) is 0. The van der Waals surface area contributed by atoms with E-state index in [4.69, 9.17) is 1.54 Å². The van der Waals surface area contributed by atoms with Crippen molar-refractivity contribution in [1.82, 2.24) is 0 Å². The standard InChI is InChI=1S/Al.La.Lu.O.3H. The molecule has 0 aromatic carbocycles. The van der Waals surface area contributed by atoms with E-state index in [0.29, 0.717) is 0 Å². The Balaban J connectivity index is -0.00000000500. The Kier molecular flexibility index (Phi) is 67.9. The van der Waals surface area contributed by atoms with E-state index in [1.165, 1.54) is 0 Å². The molecule has 0 heterocycles. The van der Waals surface area contributed by atoms with Crippen molar-refractivity contribution >= 4 is 17.4 Å². The minimum atomic E-state index is 0. The van der Waals surface area contributed by atoms with Crippen LogP contribution in [0.2, 0.25) is 0 Å². The van der Waals surface area contributed by atoms with Crippen molar-refractivity contribution in [2.45, 2.75) is 0 Å². The van der Waals surface area contributed by atoms with E-state index < -0.39 is 0 Å². The van der Waals surface area contributed by atoms with Crippen LogP contribution in [-0.4, -0.2) is 17.4 Å². The van der Waals surface area contributed by atoms with Gasteiger partial charge in [-0.1, -0.05) is 0 Å². The molecule has 0 aliphatic heterocycles. The molecule has 0 saturated carbocycles. The third-order valence-electron chi connectivity index (χ3n) is 0. The molecule has 0 amide bonds. The Bertz CT molecular complexity index is 8.00. The first kappa shape index (κ1) is 15.9. The molecule has 0 fully saturated rings. The molecule has 0 atom stereocenters. The first-order valence-corrected chi connectivity index (χ1v) is 0.782. The fourth-order valence-corrected chi connectivity index (χ4v) is 0. The van der Waals surface area contributed by atoms with Crippen molar-refractivity contribution < 1.29 is 72.2 Å². The monoisotopic (exact) mass is 360 g/mol. The molecule has 1 radical (unpaired) electrons. The van der Waals surface area contributed by atoms with E-state index in [1.807, 2.05) is 0 Å². The second kappa shape index (κ2) is 17.1. The molecule has 0 bridgehead atoms. The van der Waals surface area contributed by atoms with E-state index in [0.717, 1.165) is 0 Å². The topological polar surface area (TPSA) is 17.1 Å². The summed E-state index contributed by atoms with van der Waals surface area (Å²) < 4.78 is 8.08. The first-order chi connectivity index (χ1) is 1.00. The van der Waals surface area contributed by atoms with Crippen LogP contribution >= 0.6 is 0 Å². The molecule has 0 spiro atoms. The summed E-state index contributed by atoms with van der Waals surface area (Å²) in [7, 11) is 0. The molecular formula is H3AlLaLuO. The van der Waals surface area contributed by atoms with E-state index in [1.54, 1.807) is 35.0 Å². The van der Waals surface area contributed by atoms with Crippen molar-refractivity contribution in [3.05, 3.63) is 0 Å². The van der Waals surface area contributed by atoms with E-state index in [-0.39, 0.29) is 53.0 Å². The van der Waals surface area contributed by atoms with Gasteiger partial charge in [-0.2, -0.15) is 0 Å². The van der Waals surface area contributed by atoms with Gasteiger partial charge in [0.05, 0.1) is 0 Å². The van der Waals surface area contributed by atoms with Gasteiger partial charge in [-0.05, 0) is 0 Å². The van der Waals surface area contributed by atoms with Crippen LogP contribution in [0.5, 0.6) is 0 Å². The zero-order valence-corrected chi connectivity index (χ0v) is 6.53. The molecule has 4 heteroatoms. The van der Waals surface area contributed by atoms with Gasteiger partial charge in [-0.15, -0.1) is 0 Å². The zero-order valence-electron chi connectivity index (χ0n) is 1.24. The van der Waals surface area contributed by atoms with E-state index >= 15 is 0 Å². The van der Waals surface area contributed by atoms with Gasteiger partial charge in [0, 0.05) is 35.6 Å². The molecule has 0 aliphatic carbocycles. The first-order valence-electron chi connectivity index (χ1n) is 0.105. The van der Waals surface area contributed by atoms with Crippen LogP contribution in [0.4, 0.5) is 0 Å². The second-order valence-corrected chi connectivity index (χ2v) is 0. The molecular weight excluding hydrogens is 357 g/mol.